The van der Waals surface area contributed by atoms with Gasteiger partial charge in [0.25, 0.3) is 5.91 Å². The van der Waals surface area contributed by atoms with E-state index in [0.29, 0.717) is 29.3 Å². The molecule has 3 atom stereocenters. The van der Waals surface area contributed by atoms with E-state index >= 15 is 0 Å². The summed E-state index contributed by atoms with van der Waals surface area (Å²) >= 11 is 0. The van der Waals surface area contributed by atoms with Gasteiger partial charge in [0.1, 0.15) is 11.7 Å². The number of hydroxylamine groups is 1. The molecule has 2 aliphatic heterocycles. The summed E-state index contributed by atoms with van der Waals surface area (Å²) in [6.45, 7) is 2.19. The summed E-state index contributed by atoms with van der Waals surface area (Å²) in [6, 6.07) is 21.5. The van der Waals surface area contributed by atoms with Crippen molar-refractivity contribution in [3.05, 3.63) is 90.0 Å². The molecule has 3 unspecified atom stereocenters. The van der Waals surface area contributed by atoms with Gasteiger partial charge in [-0.15, -0.1) is 0 Å². The minimum absolute atomic E-state index is 0.0473. The number of para-hydroxylation sites is 3. The summed E-state index contributed by atoms with van der Waals surface area (Å²) in [7, 11) is 0. The molecule has 0 bridgehead atoms. The van der Waals surface area contributed by atoms with Gasteiger partial charge in [0, 0.05) is 0 Å². The van der Waals surface area contributed by atoms with E-state index < -0.39 is 35.8 Å². The minimum Gasteiger partial charge on any atom is -0.492 e. The van der Waals surface area contributed by atoms with Crippen molar-refractivity contribution in [1.82, 2.24) is 0 Å². The second-order valence-corrected chi connectivity index (χ2v) is 7.96. The number of amides is 2. The molecule has 34 heavy (non-hydrogen) atoms. The lowest BCUT2D eigenvalue weighted by Gasteiger charge is -2.29. The number of hydrogen-bond donors (Lipinski definition) is 1. The summed E-state index contributed by atoms with van der Waals surface area (Å²) in [5.74, 6) is -2.64. The van der Waals surface area contributed by atoms with E-state index in [-0.39, 0.29) is 5.56 Å². The zero-order valence-electron chi connectivity index (χ0n) is 18.3. The second kappa shape index (κ2) is 8.64. The molecule has 2 amide bonds. The van der Waals surface area contributed by atoms with Crippen LogP contribution < -0.4 is 14.7 Å². The Balaban J connectivity index is 1.63. The van der Waals surface area contributed by atoms with Gasteiger partial charge in [0.15, 0.2) is 6.10 Å². The topological polar surface area (TPSA) is 96.4 Å². The first-order valence-corrected chi connectivity index (χ1v) is 11.0. The van der Waals surface area contributed by atoms with Crippen LogP contribution >= 0.6 is 0 Å². The molecule has 8 nitrogen and oxygen atoms in total. The number of imide groups is 1. The van der Waals surface area contributed by atoms with E-state index in [9.17, 15) is 19.5 Å². The van der Waals surface area contributed by atoms with E-state index in [1.807, 2.05) is 13.0 Å². The summed E-state index contributed by atoms with van der Waals surface area (Å²) in [6.07, 6.45) is -1.10. The van der Waals surface area contributed by atoms with Gasteiger partial charge < -0.3 is 9.84 Å². The molecule has 1 N–H and O–H groups in total. The number of carbonyl (C=O) groups excluding carboxylic acids is 2. The van der Waals surface area contributed by atoms with Crippen molar-refractivity contribution in [2.75, 3.05) is 16.6 Å². The predicted molar refractivity (Wildman–Crippen MR) is 124 cm³/mol. The normalized spacial score (nSPS) is 21.6. The monoisotopic (exact) mass is 458 g/mol. The van der Waals surface area contributed by atoms with Crippen molar-refractivity contribution in [1.29, 1.82) is 0 Å². The molecule has 3 aromatic carbocycles. The lowest BCUT2D eigenvalue weighted by atomic mass is 9.88. The smallest absolute Gasteiger partial charge is 0.336 e. The first-order valence-electron chi connectivity index (χ1n) is 11.0. The number of rotatable bonds is 6. The van der Waals surface area contributed by atoms with Crippen molar-refractivity contribution >= 4 is 29.2 Å². The zero-order chi connectivity index (χ0) is 23.8. The Morgan fingerprint density at radius 1 is 0.941 bits per heavy atom. The highest BCUT2D eigenvalue weighted by Crippen LogP contribution is 2.49. The summed E-state index contributed by atoms with van der Waals surface area (Å²) in [5, 5.41) is 11.3. The molecular formula is C26H22N2O6. The standard InChI is InChI=1S/C26H22N2O6/c1-2-33-20-15-9-8-14-19(20)27-24(29)21-22(17-12-6-7-13-18(17)26(31)32)28(34-23(21)25(27)30)16-10-4-3-5-11-16/h3-15,21-23H,2H2,1H3,(H,31,32). The molecule has 8 heteroatoms. The molecule has 172 valence electrons. The highest BCUT2D eigenvalue weighted by Gasteiger charge is 2.61. The van der Waals surface area contributed by atoms with Crippen LogP contribution in [0, 0.1) is 5.92 Å². The van der Waals surface area contributed by atoms with Crippen LogP contribution in [0.2, 0.25) is 0 Å². The van der Waals surface area contributed by atoms with Crippen molar-refractivity contribution in [3.8, 4) is 5.75 Å². The first-order chi connectivity index (χ1) is 16.5. The third kappa shape index (κ3) is 3.39. The largest absolute Gasteiger partial charge is 0.492 e. The van der Waals surface area contributed by atoms with Gasteiger partial charge in [0.05, 0.1) is 29.6 Å². The van der Waals surface area contributed by atoms with Crippen LogP contribution in [0.15, 0.2) is 78.9 Å². The van der Waals surface area contributed by atoms with E-state index in [4.69, 9.17) is 9.57 Å². The number of carbonyl (C=O) groups is 3. The maximum absolute atomic E-state index is 13.8. The molecule has 2 aliphatic rings. The van der Waals surface area contributed by atoms with Crippen LogP contribution in [-0.2, 0) is 14.4 Å². The maximum atomic E-state index is 13.8. The van der Waals surface area contributed by atoms with Crippen molar-refractivity contribution in [2.24, 2.45) is 5.92 Å². The van der Waals surface area contributed by atoms with Crippen LogP contribution in [0.1, 0.15) is 28.9 Å². The Labute approximate surface area is 195 Å². The number of anilines is 2. The molecule has 0 radical (unpaired) electrons. The highest BCUT2D eigenvalue weighted by atomic mass is 16.7. The fourth-order valence-electron chi connectivity index (χ4n) is 4.64. The maximum Gasteiger partial charge on any atom is 0.336 e. The van der Waals surface area contributed by atoms with Gasteiger partial charge in [0.2, 0.25) is 5.91 Å². The lowest BCUT2D eigenvalue weighted by Crippen LogP contribution is -2.38. The number of ether oxygens (including phenoxy) is 1. The molecule has 0 saturated carbocycles. The third-order valence-corrected chi connectivity index (χ3v) is 6.04. The molecule has 3 aromatic rings. The van der Waals surface area contributed by atoms with Crippen molar-refractivity contribution in [3.63, 3.8) is 0 Å². The highest BCUT2D eigenvalue weighted by molar-refractivity contribution is 6.24. The van der Waals surface area contributed by atoms with Crippen molar-refractivity contribution < 1.29 is 29.1 Å². The third-order valence-electron chi connectivity index (χ3n) is 6.04. The number of nitrogens with zero attached hydrogens (tertiary/aromatic N) is 2. The molecule has 5 rings (SSSR count). The first kappa shape index (κ1) is 21.7. The summed E-state index contributed by atoms with van der Waals surface area (Å²) < 4.78 is 5.65. The molecule has 2 heterocycles. The van der Waals surface area contributed by atoms with E-state index in [0.717, 1.165) is 4.90 Å². The van der Waals surface area contributed by atoms with Gasteiger partial charge in [-0.3, -0.25) is 14.4 Å². The number of benzene rings is 3. The molecular weight excluding hydrogens is 436 g/mol. The average Bonchev–Trinajstić information content (AvgIpc) is 3.36. The van der Waals surface area contributed by atoms with Gasteiger partial charge in [-0.25, -0.2) is 14.8 Å². The van der Waals surface area contributed by atoms with Gasteiger partial charge >= 0.3 is 5.97 Å². The Morgan fingerprint density at radius 2 is 1.62 bits per heavy atom. The Kier molecular flexibility index (Phi) is 5.51. The fourth-order valence-corrected chi connectivity index (χ4v) is 4.64. The molecule has 2 fully saturated rings. The fraction of sp³-hybridized carbons (Fsp3) is 0.192. The van der Waals surface area contributed by atoms with Crippen LogP contribution in [0.5, 0.6) is 5.75 Å². The van der Waals surface area contributed by atoms with Crippen LogP contribution in [0.25, 0.3) is 0 Å². The summed E-state index contributed by atoms with van der Waals surface area (Å²) in [4.78, 5) is 46.5. The SMILES string of the molecule is CCOc1ccccc1N1C(=O)C2ON(c3ccccc3)C(c3ccccc3C(=O)O)C2C1=O. The van der Waals surface area contributed by atoms with Crippen molar-refractivity contribution in [2.45, 2.75) is 19.1 Å². The molecule has 0 aliphatic carbocycles. The quantitative estimate of drug-likeness (QED) is 0.561. The molecule has 2 saturated heterocycles. The zero-order valence-corrected chi connectivity index (χ0v) is 18.3. The van der Waals surface area contributed by atoms with E-state index in [1.165, 1.54) is 11.1 Å². The van der Waals surface area contributed by atoms with E-state index in [1.54, 1.807) is 66.7 Å². The van der Waals surface area contributed by atoms with Crippen LogP contribution in [-0.4, -0.2) is 35.6 Å². The Hall–Kier alpha value is -4.17. The predicted octanol–water partition coefficient (Wildman–Crippen LogP) is 3.83. The molecule has 0 spiro atoms. The minimum atomic E-state index is -1.12. The number of fused-ring (bicyclic) bond motifs is 1. The van der Waals surface area contributed by atoms with Gasteiger partial charge in [-0.05, 0) is 42.8 Å². The second-order valence-electron chi connectivity index (χ2n) is 7.96. The van der Waals surface area contributed by atoms with Gasteiger partial charge in [-0.1, -0.05) is 48.5 Å². The van der Waals surface area contributed by atoms with Gasteiger partial charge in [-0.2, -0.15) is 0 Å². The average molecular weight is 458 g/mol. The lowest BCUT2D eigenvalue weighted by molar-refractivity contribution is -0.126. The number of hydrogen-bond acceptors (Lipinski definition) is 6. The number of carboxylic acids is 1. The van der Waals surface area contributed by atoms with Crippen LogP contribution in [0.4, 0.5) is 11.4 Å². The summed E-state index contributed by atoms with van der Waals surface area (Å²) in [5.41, 5.74) is 1.40. The number of carboxylic acid groups (broad SMARTS) is 1. The van der Waals surface area contributed by atoms with E-state index in [2.05, 4.69) is 0 Å². The Bertz CT molecular complexity index is 1260. The number of aromatic carboxylic acids is 1. The van der Waals surface area contributed by atoms with Crippen LogP contribution in [0.3, 0.4) is 0 Å². The Morgan fingerprint density at radius 3 is 2.35 bits per heavy atom. The molecule has 0 aromatic heterocycles.